The summed E-state index contributed by atoms with van der Waals surface area (Å²) in [4.78, 5) is 0. The van der Waals surface area contributed by atoms with Gasteiger partial charge in [-0.15, -0.1) is 0 Å². The molecule has 98 valence electrons. The number of hydrogen-bond donors (Lipinski definition) is 1. The summed E-state index contributed by atoms with van der Waals surface area (Å²) in [5, 5.41) is 8.76. The third kappa shape index (κ3) is 4.00. The molecule has 0 saturated heterocycles. The van der Waals surface area contributed by atoms with Gasteiger partial charge < -0.3 is 5.32 Å². The second kappa shape index (κ2) is 5.40. The molecule has 1 rings (SSSR count). The second-order valence-electron chi connectivity index (χ2n) is 5.74. The van der Waals surface area contributed by atoms with Gasteiger partial charge in [-0.25, -0.2) is 0 Å². The van der Waals surface area contributed by atoms with E-state index < -0.39 is 0 Å². The maximum atomic E-state index is 6.15. The van der Waals surface area contributed by atoms with Gasteiger partial charge >= 0.3 is 0 Å². The summed E-state index contributed by atoms with van der Waals surface area (Å²) in [6, 6.07) is 0.371. The fourth-order valence-corrected chi connectivity index (χ4v) is 1.97. The van der Waals surface area contributed by atoms with E-state index in [0.717, 1.165) is 29.4 Å². The number of halogens is 1. The Morgan fingerprint density at radius 1 is 1.35 bits per heavy atom. The lowest BCUT2D eigenvalue weighted by Crippen LogP contribution is -2.37. The quantitative estimate of drug-likeness (QED) is 0.895. The van der Waals surface area contributed by atoms with E-state index >= 15 is 0 Å². The van der Waals surface area contributed by atoms with Crippen molar-refractivity contribution in [2.45, 2.75) is 59.5 Å². The first-order chi connectivity index (χ1) is 7.72. The number of aromatic nitrogens is 2. The van der Waals surface area contributed by atoms with Crippen molar-refractivity contribution < 1.29 is 0 Å². The zero-order valence-electron chi connectivity index (χ0n) is 11.8. The summed E-state index contributed by atoms with van der Waals surface area (Å²) in [5.41, 5.74) is 2.15. The Morgan fingerprint density at radius 3 is 2.35 bits per heavy atom. The fourth-order valence-electron chi connectivity index (χ4n) is 1.85. The average molecular weight is 258 g/mol. The molecule has 1 atom stereocenters. The highest BCUT2D eigenvalue weighted by Crippen LogP contribution is 2.23. The third-order valence-electron chi connectivity index (χ3n) is 2.87. The average Bonchev–Trinajstić information content (AvgIpc) is 2.44. The van der Waals surface area contributed by atoms with E-state index in [2.05, 4.69) is 38.1 Å². The minimum absolute atomic E-state index is 0.173. The van der Waals surface area contributed by atoms with E-state index in [0.29, 0.717) is 6.04 Å². The zero-order chi connectivity index (χ0) is 13.2. The van der Waals surface area contributed by atoms with Crippen LogP contribution in [-0.2, 0) is 0 Å². The van der Waals surface area contributed by atoms with E-state index in [-0.39, 0.29) is 5.54 Å². The molecule has 0 aliphatic heterocycles. The van der Waals surface area contributed by atoms with E-state index in [1.807, 2.05) is 18.5 Å². The molecule has 0 saturated carbocycles. The maximum absolute atomic E-state index is 6.15. The van der Waals surface area contributed by atoms with E-state index in [4.69, 9.17) is 11.6 Å². The molecule has 1 heterocycles. The van der Waals surface area contributed by atoms with Crippen LogP contribution in [0.25, 0.3) is 0 Å². The minimum Gasteiger partial charge on any atom is -0.312 e. The Labute approximate surface area is 110 Å². The molecule has 4 heteroatoms. The molecule has 1 aromatic heterocycles. The molecule has 0 amide bonds. The van der Waals surface area contributed by atoms with Gasteiger partial charge in [0, 0.05) is 5.54 Å². The van der Waals surface area contributed by atoms with Gasteiger partial charge in [0.25, 0.3) is 0 Å². The lowest BCUT2D eigenvalue weighted by Gasteiger charge is -2.22. The maximum Gasteiger partial charge on any atom is 0.0844 e. The van der Waals surface area contributed by atoms with Crippen molar-refractivity contribution in [1.82, 2.24) is 15.1 Å². The fraction of sp³-hybridized carbons (Fsp3) is 0.769. The largest absolute Gasteiger partial charge is 0.312 e. The Kier molecular flexibility index (Phi) is 4.62. The first-order valence-corrected chi connectivity index (χ1v) is 6.56. The predicted octanol–water partition coefficient (Wildman–Crippen LogP) is 3.49. The summed E-state index contributed by atoms with van der Waals surface area (Å²) >= 11 is 6.15. The summed E-state index contributed by atoms with van der Waals surface area (Å²) in [6.45, 7) is 13.7. The molecular formula is C13H24ClN3. The van der Waals surface area contributed by atoms with Crippen LogP contribution < -0.4 is 5.32 Å². The predicted molar refractivity (Wildman–Crippen MR) is 73.8 cm³/mol. The molecule has 0 aromatic carbocycles. The SMILES string of the molecule is Cc1nn(C(C)CCNC(C)(C)C)c(C)c1Cl. The summed E-state index contributed by atoms with van der Waals surface area (Å²) in [7, 11) is 0. The lowest BCUT2D eigenvalue weighted by molar-refractivity contribution is 0.376. The van der Waals surface area contributed by atoms with Crippen molar-refractivity contribution in [3.05, 3.63) is 16.4 Å². The van der Waals surface area contributed by atoms with Crippen LogP contribution in [0.5, 0.6) is 0 Å². The highest BCUT2D eigenvalue weighted by atomic mass is 35.5. The number of hydrogen-bond acceptors (Lipinski definition) is 2. The van der Waals surface area contributed by atoms with Crippen molar-refractivity contribution in [3.63, 3.8) is 0 Å². The van der Waals surface area contributed by atoms with Gasteiger partial charge in [-0.05, 0) is 54.5 Å². The molecule has 0 spiro atoms. The van der Waals surface area contributed by atoms with Crippen LogP contribution >= 0.6 is 11.6 Å². The summed E-state index contributed by atoms with van der Waals surface area (Å²) in [6.07, 6.45) is 1.05. The second-order valence-corrected chi connectivity index (χ2v) is 6.12. The van der Waals surface area contributed by atoms with E-state index in [9.17, 15) is 0 Å². The molecule has 0 aliphatic rings. The zero-order valence-corrected chi connectivity index (χ0v) is 12.5. The van der Waals surface area contributed by atoms with E-state index in [1.54, 1.807) is 0 Å². The topological polar surface area (TPSA) is 29.9 Å². The standard InChI is InChI=1S/C13H24ClN3/c1-9(7-8-15-13(4,5)6)17-11(3)12(14)10(2)16-17/h9,15H,7-8H2,1-6H3. The molecule has 1 aromatic rings. The Morgan fingerprint density at radius 2 is 1.94 bits per heavy atom. The van der Waals surface area contributed by atoms with Crippen LogP contribution in [0.4, 0.5) is 0 Å². The molecule has 0 aliphatic carbocycles. The van der Waals surface area contributed by atoms with Gasteiger partial charge in [0.05, 0.1) is 22.5 Å². The van der Waals surface area contributed by atoms with Crippen LogP contribution in [-0.4, -0.2) is 21.9 Å². The number of nitrogens with one attached hydrogen (secondary N) is 1. The van der Waals surface area contributed by atoms with Gasteiger partial charge in [-0.3, -0.25) is 4.68 Å². The first-order valence-electron chi connectivity index (χ1n) is 6.18. The van der Waals surface area contributed by atoms with Gasteiger partial charge in [-0.2, -0.15) is 5.10 Å². The lowest BCUT2D eigenvalue weighted by atomic mass is 10.1. The highest BCUT2D eigenvalue weighted by molar-refractivity contribution is 6.31. The Balaban J connectivity index is 2.58. The molecule has 3 nitrogen and oxygen atoms in total. The highest BCUT2D eigenvalue weighted by Gasteiger charge is 2.15. The number of nitrogens with zero attached hydrogens (tertiary/aromatic N) is 2. The van der Waals surface area contributed by atoms with Crippen LogP contribution in [0.1, 0.15) is 51.5 Å². The molecule has 17 heavy (non-hydrogen) atoms. The summed E-state index contributed by atoms with van der Waals surface area (Å²) in [5.74, 6) is 0. The molecule has 1 unspecified atom stereocenters. The molecule has 0 bridgehead atoms. The van der Waals surface area contributed by atoms with Gasteiger partial charge in [0.2, 0.25) is 0 Å². The van der Waals surface area contributed by atoms with Crippen LogP contribution in [0.3, 0.4) is 0 Å². The van der Waals surface area contributed by atoms with Crippen LogP contribution in [0, 0.1) is 13.8 Å². The monoisotopic (exact) mass is 257 g/mol. The Bertz CT molecular complexity index is 377. The number of aryl methyl sites for hydroxylation is 1. The smallest absolute Gasteiger partial charge is 0.0844 e. The van der Waals surface area contributed by atoms with Crippen molar-refractivity contribution in [3.8, 4) is 0 Å². The Hall–Kier alpha value is -0.540. The first kappa shape index (κ1) is 14.5. The number of rotatable bonds is 4. The van der Waals surface area contributed by atoms with Crippen molar-refractivity contribution in [2.24, 2.45) is 0 Å². The van der Waals surface area contributed by atoms with Crippen molar-refractivity contribution >= 4 is 11.6 Å². The molecule has 1 N–H and O–H groups in total. The van der Waals surface area contributed by atoms with Gasteiger partial charge in [0.15, 0.2) is 0 Å². The van der Waals surface area contributed by atoms with Crippen LogP contribution in [0.2, 0.25) is 5.02 Å². The van der Waals surface area contributed by atoms with Crippen LogP contribution in [0.15, 0.2) is 0 Å². The third-order valence-corrected chi connectivity index (χ3v) is 3.42. The van der Waals surface area contributed by atoms with Gasteiger partial charge in [0.1, 0.15) is 0 Å². The molecule has 0 radical (unpaired) electrons. The molecular weight excluding hydrogens is 234 g/mol. The minimum atomic E-state index is 0.173. The summed E-state index contributed by atoms with van der Waals surface area (Å²) < 4.78 is 2.03. The van der Waals surface area contributed by atoms with E-state index in [1.165, 1.54) is 0 Å². The molecule has 0 fully saturated rings. The van der Waals surface area contributed by atoms with Crippen molar-refractivity contribution in [1.29, 1.82) is 0 Å². The van der Waals surface area contributed by atoms with Crippen molar-refractivity contribution in [2.75, 3.05) is 6.54 Å². The normalized spacial score (nSPS) is 14.1. The van der Waals surface area contributed by atoms with Gasteiger partial charge in [-0.1, -0.05) is 11.6 Å².